The molecule has 3 nitrogen and oxygen atoms in total. The second-order valence-corrected chi connectivity index (χ2v) is 4.14. The minimum atomic E-state index is 0.227. The lowest BCUT2D eigenvalue weighted by atomic mass is 10.1. The highest BCUT2D eigenvalue weighted by molar-refractivity contribution is 5.78. The number of rotatable bonds is 5. The Balaban J connectivity index is 0.000000873. The Morgan fingerprint density at radius 2 is 1.72 bits per heavy atom. The van der Waals surface area contributed by atoms with Crippen LogP contribution in [0.25, 0.3) is 0 Å². The van der Waals surface area contributed by atoms with Crippen LogP contribution < -0.4 is 5.32 Å². The van der Waals surface area contributed by atoms with Gasteiger partial charge in [0.2, 0.25) is 5.91 Å². The molecule has 1 aromatic carbocycles. The highest BCUT2D eigenvalue weighted by Crippen LogP contribution is 2.03. The van der Waals surface area contributed by atoms with Gasteiger partial charge in [-0.05, 0) is 33.0 Å². The number of nitrogens with one attached hydrogen (secondary N) is 1. The van der Waals surface area contributed by atoms with E-state index < -0.39 is 0 Å². The molecule has 0 saturated carbocycles. The maximum Gasteiger partial charge on any atom is 0.226 e. The maximum absolute atomic E-state index is 11.9. The molecule has 18 heavy (non-hydrogen) atoms. The van der Waals surface area contributed by atoms with Crippen LogP contribution in [0, 0.1) is 0 Å². The van der Waals surface area contributed by atoms with Gasteiger partial charge < -0.3 is 10.2 Å². The summed E-state index contributed by atoms with van der Waals surface area (Å²) < 4.78 is 0. The van der Waals surface area contributed by atoms with Crippen LogP contribution in [-0.4, -0.2) is 38.0 Å². The lowest BCUT2D eigenvalue weighted by molar-refractivity contribution is -0.130. The molecular formula is C15H26N2O. The van der Waals surface area contributed by atoms with Crippen molar-refractivity contribution in [1.82, 2.24) is 10.2 Å². The van der Waals surface area contributed by atoms with E-state index in [2.05, 4.69) is 12.2 Å². The number of amides is 1. The third-order valence-electron chi connectivity index (χ3n) is 2.43. The Morgan fingerprint density at radius 3 is 2.17 bits per heavy atom. The molecule has 1 amide bonds. The molecular weight excluding hydrogens is 224 g/mol. The van der Waals surface area contributed by atoms with Gasteiger partial charge in [0, 0.05) is 13.1 Å². The Hall–Kier alpha value is -1.35. The summed E-state index contributed by atoms with van der Waals surface area (Å²) in [5.41, 5.74) is 1.09. The van der Waals surface area contributed by atoms with Crippen molar-refractivity contribution in [2.24, 2.45) is 0 Å². The van der Waals surface area contributed by atoms with Gasteiger partial charge in [0.15, 0.2) is 0 Å². The Kier molecular flexibility index (Phi) is 9.97. The van der Waals surface area contributed by atoms with Crippen LogP contribution >= 0.6 is 0 Å². The summed E-state index contributed by atoms with van der Waals surface area (Å²) in [6.07, 6.45) is 1.54. The van der Waals surface area contributed by atoms with Crippen molar-refractivity contribution < 1.29 is 4.79 Å². The van der Waals surface area contributed by atoms with Gasteiger partial charge in [0.05, 0.1) is 6.42 Å². The number of carbonyl (C=O) groups is 1. The second kappa shape index (κ2) is 10.8. The van der Waals surface area contributed by atoms with Crippen LogP contribution in [0.4, 0.5) is 0 Å². The highest BCUT2D eigenvalue weighted by Gasteiger charge is 2.10. The van der Waals surface area contributed by atoms with E-state index in [9.17, 15) is 4.79 Å². The molecule has 0 heterocycles. The number of likely N-dealkylation sites (N-methyl/N-ethyl adjacent to an activating group) is 1. The van der Waals surface area contributed by atoms with Crippen LogP contribution in [-0.2, 0) is 11.2 Å². The van der Waals surface area contributed by atoms with Crippen LogP contribution in [0.3, 0.4) is 0 Å². The van der Waals surface area contributed by atoms with E-state index >= 15 is 0 Å². The van der Waals surface area contributed by atoms with E-state index in [1.807, 2.05) is 56.3 Å². The first-order valence-electron chi connectivity index (χ1n) is 6.59. The SMILES string of the molecule is CCCN(CC)C(=O)Cc1ccccc1.CNC. The fourth-order valence-electron chi connectivity index (χ4n) is 1.61. The largest absolute Gasteiger partial charge is 0.343 e. The van der Waals surface area contributed by atoms with Crippen LogP contribution in [0.1, 0.15) is 25.8 Å². The molecule has 0 fully saturated rings. The highest BCUT2D eigenvalue weighted by atomic mass is 16.2. The number of hydrogen-bond acceptors (Lipinski definition) is 2. The van der Waals surface area contributed by atoms with Gasteiger partial charge in [-0.1, -0.05) is 37.3 Å². The minimum absolute atomic E-state index is 0.227. The molecule has 1 aromatic rings. The summed E-state index contributed by atoms with van der Waals surface area (Å²) in [6, 6.07) is 9.91. The van der Waals surface area contributed by atoms with Gasteiger partial charge >= 0.3 is 0 Å². The standard InChI is InChI=1S/C13H19NO.C2H7N/c1-3-10-14(4-2)13(15)11-12-8-6-5-7-9-12;1-3-2/h5-9H,3-4,10-11H2,1-2H3;3H,1-2H3. The van der Waals surface area contributed by atoms with Crippen molar-refractivity contribution in [2.75, 3.05) is 27.2 Å². The second-order valence-electron chi connectivity index (χ2n) is 4.14. The van der Waals surface area contributed by atoms with Crippen molar-refractivity contribution >= 4 is 5.91 Å². The molecule has 1 rings (SSSR count). The predicted octanol–water partition coefficient (Wildman–Crippen LogP) is 2.32. The first-order valence-corrected chi connectivity index (χ1v) is 6.59. The maximum atomic E-state index is 11.9. The van der Waals surface area contributed by atoms with E-state index in [1.54, 1.807) is 0 Å². The monoisotopic (exact) mass is 250 g/mol. The van der Waals surface area contributed by atoms with Crippen molar-refractivity contribution in [2.45, 2.75) is 26.7 Å². The molecule has 0 radical (unpaired) electrons. The van der Waals surface area contributed by atoms with Crippen molar-refractivity contribution in [3.05, 3.63) is 35.9 Å². The molecule has 1 N–H and O–H groups in total. The van der Waals surface area contributed by atoms with E-state index in [0.717, 1.165) is 25.1 Å². The van der Waals surface area contributed by atoms with Crippen molar-refractivity contribution in [3.63, 3.8) is 0 Å². The summed E-state index contributed by atoms with van der Waals surface area (Å²) in [6.45, 7) is 5.79. The topological polar surface area (TPSA) is 32.3 Å². The van der Waals surface area contributed by atoms with Gasteiger partial charge in [-0.2, -0.15) is 0 Å². The third-order valence-corrected chi connectivity index (χ3v) is 2.43. The van der Waals surface area contributed by atoms with E-state index in [1.165, 1.54) is 0 Å². The average molecular weight is 250 g/mol. The quantitative estimate of drug-likeness (QED) is 0.870. The average Bonchev–Trinajstić information content (AvgIpc) is 2.38. The summed E-state index contributed by atoms with van der Waals surface area (Å²) in [5, 5.41) is 2.75. The van der Waals surface area contributed by atoms with E-state index in [4.69, 9.17) is 0 Å². The molecule has 0 aromatic heterocycles. The van der Waals surface area contributed by atoms with Crippen LogP contribution in [0.15, 0.2) is 30.3 Å². The smallest absolute Gasteiger partial charge is 0.226 e. The number of nitrogens with zero attached hydrogens (tertiary/aromatic N) is 1. The molecule has 102 valence electrons. The van der Waals surface area contributed by atoms with E-state index in [0.29, 0.717) is 6.42 Å². The zero-order valence-corrected chi connectivity index (χ0v) is 12.1. The van der Waals surface area contributed by atoms with Crippen molar-refractivity contribution in [1.29, 1.82) is 0 Å². The molecule has 0 unspecified atom stereocenters. The molecule has 0 aliphatic heterocycles. The van der Waals surface area contributed by atoms with Gasteiger partial charge in [-0.15, -0.1) is 0 Å². The summed E-state index contributed by atoms with van der Waals surface area (Å²) in [7, 11) is 3.75. The summed E-state index contributed by atoms with van der Waals surface area (Å²) in [5.74, 6) is 0.227. The number of carbonyl (C=O) groups excluding carboxylic acids is 1. The molecule has 0 saturated heterocycles. The molecule has 0 spiro atoms. The summed E-state index contributed by atoms with van der Waals surface area (Å²) >= 11 is 0. The molecule has 0 bridgehead atoms. The van der Waals surface area contributed by atoms with Gasteiger partial charge in [0.25, 0.3) is 0 Å². The van der Waals surface area contributed by atoms with Crippen molar-refractivity contribution in [3.8, 4) is 0 Å². The van der Waals surface area contributed by atoms with Crippen LogP contribution in [0.5, 0.6) is 0 Å². The molecule has 0 aliphatic rings. The normalized spacial score (nSPS) is 9.33. The first-order chi connectivity index (χ1) is 8.69. The minimum Gasteiger partial charge on any atom is -0.343 e. The van der Waals surface area contributed by atoms with Gasteiger partial charge in [0.1, 0.15) is 0 Å². The van der Waals surface area contributed by atoms with Gasteiger partial charge in [-0.25, -0.2) is 0 Å². The number of benzene rings is 1. The molecule has 0 atom stereocenters. The number of hydrogen-bond donors (Lipinski definition) is 1. The van der Waals surface area contributed by atoms with Crippen LogP contribution in [0.2, 0.25) is 0 Å². The van der Waals surface area contributed by atoms with Gasteiger partial charge in [-0.3, -0.25) is 4.79 Å². The fraction of sp³-hybridized carbons (Fsp3) is 0.533. The Bertz CT molecular complexity index is 312. The fourth-order valence-corrected chi connectivity index (χ4v) is 1.61. The summed E-state index contributed by atoms with van der Waals surface area (Å²) in [4.78, 5) is 13.8. The van der Waals surface area contributed by atoms with E-state index in [-0.39, 0.29) is 5.91 Å². The predicted molar refractivity (Wildman–Crippen MR) is 77.7 cm³/mol. The Morgan fingerprint density at radius 1 is 1.17 bits per heavy atom. The lowest BCUT2D eigenvalue weighted by Gasteiger charge is -2.19. The molecule has 0 aliphatic carbocycles. The Labute approximate surface area is 111 Å². The lowest BCUT2D eigenvalue weighted by Crippen LogP contribution is -2.32. The zero-order valence-electron chi connectivity index (χ0n) is 12.1. The third kappa shape index (κ3) is 7.07. The first kappa shape index (κ1) is 16.6. The molecule has 3 heteroatoms. The zero-order chi connectivity index (χ0) is 13.8.